The molecule has 0 saturated heterocycles. The topological polar surface area (TPSA) is 191 Å². The van der Waals surface area contributed by atoms with Crippen molar-refractivity contribution in [1.82, 2.24) is 30.0 Å². The van der Waals surface area contributed by atoms with Crippen molar-refractivity contribution in [3.8, 4) is 22.9 Å². The van der Waals surface area contributed by atoms with E-state index in [1.165, 1.54) is 46.8 Å². The largest absolute Gasteiger partial charge is 0.506 e. The van der Waals surface area contributed by atoms with Crippen molar-refractivity contribution in [3.63, 3.8) is 0 Å². The quantitative estimate of drug-likeness (QED) is 0.139. The number of aromatic hydroxyl groups is 2. The van der Waals surface area contributed by atoms with Crippen LogP contribution in [0, 0.1) is 0 Å². The van der Waals surface area contributed by atoms with Crippen LogP contribution in [0.15, 0.2) is 113 Å². The van der Waals surface area contributed by atoms with Gasteiger partial charge in [0.25, 0.3) is 0 Å². The summed E-state index contributed by atoms with van der Waals surface area (Å²) in [4.78, 5) is 14.0. The van der Waals surface area contributed by atoms with Crippen LogP contribution in [0.2, 0.25) is 5.02 Å². The van der Waals surface area contributed by atoms with Gasteiger partial charge in [-0.1, -0.05) is 29.8 Å². The molecule has 5 N–H and O–H groups in total. The number of hydrogen-bond acceptors (Lipinski definition) is 10. The lowest BCUT2D eigenvalue weighted by atomic mass is 10.2. The third kappa shape index (κ3) is 6.54. The van der Waals surface area contributed by atoms with Crippen molar-refractivity contribution in [3.05, 3.63) is 108 Å². The summed E-state index contributed by atoms with van der Waals surface area (Å²) in [6, 6.07) is 27.1. The summed E-state index contributed by atoms with van der Waals surface area (Å²) in [5, 5.41) is 40.3. The molecule has 7 aromatic rings. The van der Waals surface area contributed by atoms with E-state index in [4.69, 9.17) is 17.3 Å². The highest BCUT2D eigenvalue weighted by molar-refractivity contribution is 7.91. The predicted octanol–water partition coefficient (Wildman–Crippen LogP) is 5.28. The number of nitrogens with zero attached hydrogens (tertiary/aromatic N) is 6. The number of fused-ring (bicyclic) bond motifs is 2. The first-order chi connectivity index (χ1) is 22.5. The van der Waals surface area contributed by atoms with Gasteiger partial charge in [0, 0.05) is 23.3 Å². The number of nitrogens with one attached hydrogen (secondary N) is 1. The van der Waals surface area contributed by atoms with Gasteiger partial charge in [0.15, 0.2) is 0 Å². The van der Waals surface area contributed by atoms with Crippen molar-refractivity contribution in [2.24, 2.45) is 0 Å². The lowest BCUT2D eigenvalue weighted by Gasteiger charge is -2.06. The van der Waals surface area contributed by atoms with Gasteiger partial charge in [-0.3, -0.25) is 4.79 Å². The number of carbonyl (C=O) groups is 1. The van der Waals surface area contributed by atoms with Crippen molar-refractivity contribution in [2.45, 2.75) is 16.7 Å². The van der Waals surface area contributed by atoms with E-state index in [0.717, 1.165) is 0 Å². The summed E-state index contributed by atoms with van der Waals surface area (Å²) < 4.78 is 25.5. The third-order valence-electron chi connectivity index (χ3n) is 6.78. The monoisotopic (exact) mass is 668 g/mol. The SMILES string of the molecule is CC(=O)Nc1ccc(O)c(-n2nc3ccc(Cl)cc3n2)c1.Nc1ccc(O)c(-n2nc3ccc(S(=O)(=O)c4ccccc4)cc3n2)c1. The standard InChI is InChI=1S/C18H14N4O3S.C14H11ClN4O2/c19-12-6-9-18(23)17(10-12)22-20-15-8-7-14(11-16(15)21-22)26(24,25)13-4-2-1-3-5-13;1-8(20)16-10-3-5-14(21)13(7-10)19-17-11-4-2-9(15)6-12(11)18-19/h1-11,23H,19H2;2-7,21H,1H3,(H,16,20). The van der Waals surface area contributed by atoms with Crippen molar-refractivity contribution < 1.29 is 23.4 Å². The Kier molecular flexibility index (Phi) is 8.20. The Morgan fingerprint density at radius 3 is 1.94 bits per heavy atom. The smallest absolute Gasteiger partial charge is 0.221 e. The van der Waals surface area contributed by atoms with Gasteiger partial charge in [-0.15, -0.1) is 30.0 Å². The van der Waals surface area contributed by atoms with Gasteiger partial charge >= 0.3 is 0 Å². The Hall–Kier alpha value is -5.99. The van der Waals surface area contributed by atoms with E-state index in [2.05, 4.69) is 25.7 Å². The number of nitrogens with two attached hydrogens (primary N) is 1. The van der Waals surface area contributed by atoms with E-state index in [1.54, 1.807) is 72.8 Å². The fraction of sp³-hybridized carbons (Fsp3) is 0.0312. The molecule has 0 aliphatic carbocycles. The highest BCUT2D eigenvalue weighted by atomic mass is 35.5. The zero-order chi connectivity index (χ0) is 33.3. The molecule has 236 valence electrons. The zero-order valence-electron chi connectivity index (χ0n) is 24.5. The predicted molar refractivity (Wildman–Crippen MR) is 177 cm³/mol. The number of phenols is 2. The Morgan fingerprint density at radius 1 is 0.702 bits per heavy atom. The van der Waals surface area contributed by atoms with Gasteiger partial charge < -0.3 is 21.3 Å². The third-order valence-corrected chi connectivity index (χ3v) is 8.79. The number of sulfone groups is 1. The van der Waals surface area contributed by atoms with Gasteiger partial charge in [-0.2, -0.15) is 0 Å². The number of amides is 1. The van der Waals surface area contributed by atoms with Gasteiger partial charge in [-0.25, -0.2) is 8.42 Å². The molecule has 47 heavy (non-hydrogen) atoms. The molecule has 7 rings (SSSR count). The van der Waals surface area contributed by atoms with Crippen LogP contribution < -0.4 is 11.1 Å². The second-order valence-corrected chi connectivity index (χ2v) is 12.6. The maximum atomic E-state index is 12.7. The van der Waals surface area contributed by atoms with Crippen LogP contribution in [0.25, 0.3) is 33.4 Å². The summed E-state index contributed by atoms with van der Waals surface area (Å²) in [5.41, 5.74) is 9.59. The lowest BCUT2D eigenvalue weighted by Crippen LogP contribution is -2.07. The van der Waals surface area contributed by atoms with Crippen molar-refractivity contribution >= 4 is 60.8 Å². The number of benzene rings is 5. The van der Waals surface area contributed by atoms with E-state index in [-0.39, 0.29) is 27.2 Å². The van der Waals surface area contributed by atoms with Gasteiger partial charge in [0.2, 0.25) is 15.7 Å². The number of rotatable bonds is 5. The number of nitrogen functional groups attached to an aromatic ring is 1. The highest BCUT2D eigenvalue weighted by Gasteiger charge is 2.19. The molecule has 0 unspecified atom stereocenters. The van der Waals surface area contributed by atoms with Crippen LogP contribution in [0.3, 0.4) is 0 Å². The van der Waals surface area contributed by atoms with Crippen LogP contribution in [0.1, 0.15) is 6.92 Å². The molecule has 0 bridgehead atoms. The number of carbonyl (C=O) groups excluding carboxylic acids is 1. The molecular weight excluding hydrogens is 644 g/mol. The molecule has 0 aliphatic heterocycles. The fourth-order valence-corrected chi connectivity index (χ4v) is 6.03. The molecule has 0 aliphatic rings. The Labute approximate surface area is 272 Å². The fourth-order valence-electron chi connectivity index (χ4n) is 4.57. The molecule has 0 saturated carbocycles. The van der Waals surface area contributed by atoms with Gasteiger partial charge in [-0.05, 0) is 84.9 Å². The number of phenolic OH excluding ortho intramolecular Hbond substituents is 2. The second kappa shape index (κ2) is 12.4. The molecule has 2 heterocycles. The number of hydrogen-bond donors (Lipinski definition) is 4. The average Bonchev–Trinajstić information content (AvgIpc) is 3.67. The highest BCUT2D eigenvalue weighted by Crippen LogP contribution is 2.28. The van der Waals surface area contributed by atoms with Crippen molar-refractivity contribution in [2.75, 3.05) is 11.1 Å². The molecule has 0 spiro atoms. The van der Waals surface area contributed by atoms with E-state index in [1.807, 2.05) is 0 Å². The van der Waals surface area contributed by atoms with Crippen LogP contribution in [-0.2, 0) is 14.6 Å². The summed E-state index contributed by atoms with van der Waals surface area (Å²) in [5.74, 6) is -0.218. The van der Waals surface area contributed by atoms with Crippen LogP contribution in [0.4, 0.5) is 11.4 Å². The van der Waals surface area contributed by atoms with E-state index in [9.17, 15) is 23.4 Å². The molecule has 5 aromatic carbocycles. The summed E-state index contributed by atoms with van der Waals surface area (Å²) in [6.45, 7) is 1.41. The first-order valence-corrected chi connectivity index (χ1v) is 15.7. The summed E-state index contributed by atoms with van der Waals surface area (Å²) >= 11 is 5.91. The minimum Gasteiger partial charge on any atom is -0.506 e. The van der Waals surface area contributed by atoms with Gasteiger partial charge in [0.1, 0.15) is 44.9 Å². The average molecular weight is 669 g/mol. The second-order valence-electron chi connectivity index (χ2n) is 10.2. The molecule has 13 nitrogen and oxygen atoms in total. The summed E-state index contributed by atoms with van der Waals surface area (Å²) in [6.07, 6.45) is 0. The Balaban J connectivity index is 0.000000168. The van der Waals surface area contributed by atoms with Crippen LogP contribution >= 0.6 is 11.6 Å². The van der Waals surface area contributed by atoms with E-state index < -0.39 is 9.84 Å². The molecular formula is C32H25ClN8O5S. The molecule has 15 heteroatoms. The van der Waals surface area contributed by atoms with Gasteiger partial charge in [0.05, 0.1) is 9.79 Å². The molecule has 0 atom stereocenters. The molecule has 0 fully saturated rings. The number of anilines is 2. The van der Waals surface area contributed by atoms with E-state index >= 15 is 0 Å². The van der Waals surface area contributed by atoms with Crippen LogP contribution in [-0.4, -0.2) is 54.5 Å². The molecule has 1 amide bonds. The lowest BCUT2D eigenvalue weighted by molar-refractivity contribution is -0.114. The van der Waals surface area contributed by atoms with Crippen molar-refractivity contribution in [1.29, 1.82) is 0 Å². The maximum absolute atomic E-state index is 12.7. The molecule has 0 radical (unpaired) electrons. The zero-order valence-corrected chi connectivity index (χ0v) is 26.1. The first-order valence-electron chi connectivity index (χ1n) is 13.9. The number of aromatic nitrogens is 6. The minimum atomic E-state index is -3.65. The maximum Gasteiger partial charge on any atom is 0.221 e. The Morgan fingerprint density at radius 2 is 1.28 bits per heavy atom. The molecule has 2 aromatic heterocycles. The summed E-state index contributed by atoms with van der Waals surface area (Å²) in [7, 11) is -3.65. The Bertz CT molecular complexity index is 2390. The minimum absolute atomic E-state index is 0.00973. The van der Waals surface area contributed by atoms with Crippen LogP contribution in [0.5, 0.6) is 11.5 Å². The first kappa shape index (κ1) is 31.0. The normalized spacial score (nSPS) is 11.3. The number of halogens is 1. The van der Waals surface area contributed by atoms with E-state index in [0.29, 0.717) is 49.8 Å².